The van der Waals surface area contributed by atoms with Gasteiger partial charge in [-0.05, 0) is 36.8 Å². The molecule has 1 aliphatic heterocycles. The van der Waals surface area contributed by atoms with Gasteiger partial charge < -0.3 is 4.74 Å². The normalized spacial score (nSPS) is 13.1. The monoisotopic (exact) mass is 377 g/mol. The molecule has 3 rings (SSSR count). The number of fused-ring (bicyclic) bond motifs is 1. The van der Waals surface area contributed by atoms with Crippen LogP contribution in [0.3, 0.4) is 0 Å². The Hall–Kier alpha value is -2.37. The number of imide groups is 1. The first-order valence-corrected chi connectivity index (χ1v) is 8.32. The van der Waals surface area contributed by atoms with Crippen molar-refractivity contribution < 1.29 is 19.1 Å². The van der Waals surface area contributed by atoms with Gasteiger partial charge in [0.2, 0.25) is 0 Å². The van der Waals surface area contributed by atoms with Crippen LogP contribution in [0, 0.1) is 0 Å². The molecule has 2 aromatic carbocycles. The summed E-state index contributed by atoms with van der Waals surface area (Å²) in [6.45, 7) is 0.235. The minimum Gasteiger partial charge on any atom is -0.462 e. The number of ether oxygens (including phenoxy) is 1. The first-order valence-electron chi connectivity index (χ1n) is 7.56. The van der Waals surface area contributed by atoms with E-state index in [1.165, 1.54) is 12.1 Å². The molecular weight excluding hydrogens is 365 g/mol. The predicted molar refractivity (Wildman–Crippen MR) is 93.2 cm³/mol. The summed E-state index contributed by atoms with van der Waals surface area (Å²) in [5, 5.41) is 0.630. The summed E-state index contributed by atoms with van der Waals surface area (Å²) in [5.41, 5.74) is 1.02. The van der Waals surface area contributed by atoms with Crippen LogP contribution in [-0.2, 0) is 4.74 Å². The second-order valence-corrected chi connectivity index (χ2v) is 6.26. The summed E-state index contributed by atoms with van der Waals surface area (Å²) < 4.78 is 5.14. The lowest BCUT2D eigenvalue weighted by Crippen LogP contribution is -2.31. The van der Waals surface area contributed by atoms with Crippen molar-refractivity contribution in [3.8, 4) is 0 Å². The van der Waals surface area contributed by atoms with E-state index in [4.69, 9.17) is 27.9 Å². The number of esters is 1. The van der Waals surface area contributed by atoms with Crippen LogP contribution in [-0.4, -0.2) is 35.8 Å². The van der Waals surface area contributed by atoms with Gasteiger partial charge in [-0.15, -0.1) is 0 Å². The number of benzene rings is 2. The number of carbonyl (C=O) groups is 3. The lowest BCUT2D eigenvalue weighted by molar-refractivity contribution is 0.0482. The molecule has 0 fully saturated rings. The Morgan fingerprint density at radius 3 is 2.24 bits per heavy atom. The van der Waals surface area contributed by atoms with E-state index >= 15 is 0 Å². The second kappa shape index (κ2) is 7.25. The number of amides is 2. The molecule has 0 unspecified atom stereocenters. The van der Waals surface area contributed by atoms with Crippen LogP contribution >= 0.6 is 23.2 Å². The van der Waals surface area contributed by atoms with Crippen LogP contribution in [0.25, 0.3) is 0 Å². The molecule has 2 aromatic rings. The SMILES string of the molecule is O=C(OCCCN1C(=O)c2ccccc2C1=O)c1ccc(Cl)cc1Cl. The number of halogens is 2. The Morgan fingerprint density at radius 1 is 1.00 bits per heavy atom. The van der Waals surface area contributed by atoms with Gasteiger partial charge in [0.15, 0.2) is 0 Å². The first kappa shape index (κ1) is 17.5. The van der Waals surface area contributed by atoms with Gasteiger partial charge in [0, 0.05) is 11.6 Å². The van der Waals surface area contributed by atoms with Gasteiger partial charge in [0.1, 0.15) is 0 Å². The molecule has 5 nitrogen and oxygen atoms in total. The first-order chi connectivity index (χ1) is 12.0. The summed E-state index contributed by atoms with van der Waals surface area (Å²) >= 11 is 11.7. The molecule has 0 radical (unpaired) electrons. The third kappa shape index (κ3) is 3.52. The lowest BCUT2D eigenvalue weighted by atomic mass is 10.1. The maximum absolute atomic E-state index is 12.2. The molecule has 0 saturated heterocycles. The van der Waals surface area contributed by atoms with Gasteiger partial charge in [-0.25, -0.2) is 4.79 Å². The van der Waals surface area contributed by atoms with E-state index in [1.54, 1.807) is 30.3 Å². The van der Waals surface area contributed by atoms with Crippen molar-refractivity contribution >= 4 is 41.0 Å². The molecule has 0 spiro atoms. The van der Waals surface area contributed by atoms with E-state index < -0.39 is 5.97 Å². The predicted octanol–water partition coefficient (Wildman–Crippen LogP) is 3.84. The fourth-order valence-electron chi connectivity index (χ4n) is 2.56. The van der Waals surface area contributed by atoms with Crippen molar-refractivity contribution in [3.63, 3.8) is 0 Å². The molecule has 0 saturated carbocycles. The molecular formula is C18H13Cl2NO4. The average molecular weight is 378 g/mol. The Kier molecular flexibility index (Phi) is 5.06. The standard InChI is InChI=1S/C18H13Cl2NO4/c19-11-6-7-14(15(20)10-11)18(24)25-9-3-8-21-16(22)12-4-1-2-5-13(12)17(21)23/h1-2,4-7,10H,3,8-9H2. The molecule has 128 valence electrons. The summed E-state index contributed by atoms with van der Waals surface area (Å²) in [5.74, 6) is -1.23. The number of hydrogen-bond donors (Lipinski definition) is 0. The van der Waals surface area contributed by atoms with Gasteiger partial charge in [0.05, 0.1) is 28.3 Å². The van der Waals surface area contributed by atoms with Gasteiger partial charge in [-0.1, -0.05) is 35.3 Å². The topological polar surface area (TPSA) is 63.7 Å². The number of nitrogens with zero attached hydrogens (tertiary/aromatic N) is 1. The molecule has 1 aliphatic rings. The van der Waals surface area contributed by atoms with E-state index in [-0.39, 0.29) is 35.6 Å². The van der Waals surface area contributed by atoms with Gasteiger partial charge in [0.25, 0.3) is 11.8 Å². The molecule has 2 amide bonds. The van der Waals surface area contributed by atoms with E-state index in [2.05, 4.69) is 0 Å². The third-order valence-electron chi connectivity index (χ3n) is 3.79. The summed E-state index contributed by atoms with van der Waals surface area (Å²) in [6, 6.07) is 11.2. The zero-order valence-electron chi connectivity index (χ0n) is 13.0. The third-order valence-corrected chi connectivity index (χ3v) is 4.34. The molecule has 7 heteroatoms. The van der Waals surface area contributed by atoms with Crippen LogP contribution in [0.5, 0.6) is 0 Å². The maximum Gasteiger partial charge on any atom is 0.339 e. The Balaban J connectivity index is 1.53. The highest BCUT2D eigenvalue weighted by atomic mass is 35.5. The van der Waals surface area contributed by atoms with Crippen LogP contribution in [0.2, 0.25) is 10.0 Å². The number of carbonyl (C=O) groups excluding carboxylic acids is 3. The fraction of sp³-hybridized carbons (Fsp3) is 0.167. The van der Waals surface area contributed by atoms with Crippen LogP contribution in [0.4, 0.5) is 0 Å². The maximum atomic E-state index is 12.2. The van der Waals surface area contributed by atoms with Crippen molar-refractivity contribution in [1.29, 1.82) is 0 Å². The summed E-state index contributed by atoms with van der Waals surface area (Å²) in [4.78, 5) is 37.5. The summed E-state index contributed by atoms with van der Waals surface area (Å²) in [6.07, 6.45) is 0.336. The fourth-order valence-corrected chi connectivity index (χ4v) is 3.05. The zero-order valence-corrected chi connectivity index (χ0v) is 14.5. The van der Waals surface area contributed by atoms with Crippen molar-refractivity contribution in [3.05, 3.63) is 69.2 Å². The molecule has 0 bridgehead atoms. The van der Waals surface area contributed by atoms with E-state index in [0.717, 1.165) is 4.90 Å². The average Bonchev–Trinajstić information content (AvgIpc) is 2.83. The van der Waals surface area contributed by atoms with Gasteiger partial charge in [-0.2, -0.15) is 0 Å². The Bertz CT molecular complexity index is 831. The molecule has 0 aromatic heterocycles. The molecule has 1 heterocycles. The van der Waals surface area contributed by atoms with E-state index in [9.17, 15) is 14.4 Å². The highest BCUT2D eigenvalue weighted by Gasteiger charge is 2.34. The van der Waals surface area contributed by atoms with Crippen molar-refractivity contribution in [2.75, 3.05) is 13.2 Å². The van der Waals surface area contributed by atoms with Crippen molar-refractivity contribution in [2.24, 2.45) is 0 Å². The molecule has 25 heavy (non-hydrogen) atoms. The minimum absolute atomic E-state index is 0.0607. The molecule has 0 atom stereocenters. The van der Waals surface area contributed by atoms with Gasteiger partial charge in [-0.3, -0.25) is 14.5 Å². The number of hydrogen-bond acceptors (Lipinski definition) is 4. The minimum atomic E-state index is -0.580. The Morgan fingerprint density at radius 2 is 1.64 bits per heavy atom. The summed E-state index contributed by atoms with van der Waals surface area (Å²) in [7, 11) is 0. The van der Waals surface area contributed by atoms with Gasteiger partial charge >= 0.3 is 5.97 Å². The Labute approximate surface area is 154 Å². The van der Waals surface area contributed by atoms with E-state index in [1.807, 2.05) is 0 Å². The van der Waals surface area contributed by atoms with Crippen LogP contribution < -0.4 is 0 Å². The second-order valence-electron chi connectivity index (χ2n) is 5.42. The van der Waals surface area contributed by atoms with Crippen molar-refractivity contribution in [1.82, 2.24) is 4.90 Å². The van der Waals surface area contributed by atoms with E-state index in [0.29, 0.717) is 22.6 Å². The highest BCUT2D eigenvalue weighted by molar-refractivity contribution is 6.36. The number of rotatable bonds is 5. The highest BCUT2D eigenvalue weighted by Crippen LogP contribution is 2.23. The smallest absolute Gasteiger partial charge is 0.339 e. The molecule has 0 aliphatic carbocycles. The quantitative estimate of drug-likeness (QED) is 0.451. The van der Waals surface area contributed by atoms with Crippen LogP contribution in [0.1, 0.15) is 37.5 Å². The zero-order chi connectivity index (χ0) is 18.0. The largest absolute Gasteiger partial charge is 0.462 e. The lowest BCUT2D eigenvalue weighted by Gasteiger charge is -2.13. The van der Waals surface area contributed by atoms with Crippen LogP contribution in [0.15, 0.2) is 42.5 Å². The molecule has 0 N–H and O–H groups in total. The van der Waals surface area contributed by atoms with Crippen molar-refractivity contribution in [2.45, 2.75) is 6.42 Å².